The van der Waals surface area contributed by atoms with E-state index in [4.69, 9.17) is 32.7 Å². The van der Waals surface area contributed by atoms with E-state index in [1.54, 1.807) is 21.1 Å². The number of likely N-dealkylation sites (tertiary alicyclic amines) is 2. The van der Waals surface area contributed by atoms with E-state index in [0.717, 1.165) is 89.2 Å². The number of carboxylic acid groups (broad SMARTS) is 1. The molecule has 2 heterocycles. The first-order valence-corrected chi connectivity index (χ1v) is 18.1. The van der Waals surface area contributed by atoms with E-state index in [-0.39, 0.29) is 29.7 Å². The van der Waals surface area contributed by atoms with Crippen molar-refractivity contribution in [3.63, 3.8) is 0 Å². The molecule has 0 aromatic heterocycles. The number of ether oxygens (including phenoxy) is 2. The molecule has 9 heteroatoms. The Morgan fingerprint density at radius 2 is 1.10 bits per heavy atom. The number of hydrogen-bond donors (Lipinski definition) is 1. The quantitative estimate of drug-likeness (QED) is 0.187. The number of hydrogen-bond acceptors (Lipinski definition) is 6. The van der Waals surface area contributed by atoms with E-state index in [2.05, 4.69) is 34.1 Å². The zero-order valence-corrected chi connectivity index (χ0v) is 30.0. The fraction of sp³-hybridized carbons (Fsp3) is 0.366. The summed E-state index contributed by atoms with van der Waals surface area (Å²) >= 11 is 14.5. The molecule has 4 aromatic carbocycles. The van der Waals surface area contributed by atoms with E-state index in [1.165, 1.54) is 16.7 Å². The van der Waals surface area contributed by atoms with Gasteiger partial charge in [0.05, 0.1) is 30.2 Å². The van der Waals surface area contributed by atoms with Gasteiger partial charge in [0.25, 0.3) is 0 Å². The third-order valence-electron chi connectivity index (χ3n) is 11.5. The molecule has 50 heavy (non-hydrogen) atoms. The van der Waals surface area contributed by atoms with Gasteiger partial charge >= 0.3 is 5.97 Å². The zero-order valence-electron chi connectivity index (χ0n) is 28.5. The van der Waals surface area contributed by atoms with Crippen molar-refractivity contribution in [2.24, 2.45) is 11.8 Å². The van der Waals surface area contributed by atoms with Crippen LogP contribution in [0.15, 0.2) is 60.7 Å². The SMILES string of the molecule is COc1cc(-c2cccc(-c3cccc(-c4cc5c(c(OC)c4)[C@@H](N4CC(C(=O)O)C4)CC5)c3Cl)c2Cl)cc2c1[C@H](N1CC(C(C)=O)C1)CC2. The number of carboxylic acids is 1. The number of carbonyl (C=O) groups excluding carboxylic acids is 1. The third kappa shape index (κ3) is 5.50. The third-order valence-corrected chi connectivity index (χ3v) is 12.3. The number of nitrogens with zero attached hydrogens (tertiary/aromatic N) is 2. The maximum Gasteiger partial charge on any atom is 0.309 e. The van der Waals surface area contributed by atoms with Crippen LogP contribution in [0.5, 0.6) is 11.5 Å². The molecule has 0 bridgehead atoms. The fourth-order valence-electron chi connectivity index (χ4n) is 8.66. The van der Waals surface area contributed by atoms with Gasteiger partial charge in [-0.15, -0.1) is 0 Å². The van der Waals surface area contributed by atoms with Crippen LogP contribution in [0.2, 0.25) is 10.0 Å². The summed E-state index contributed by atoms with van der Waals surface area (Å²) in [7, 11) is 3.41. The topological polar surface area (TPSA) is 79.3 Å². The standard InChI is InChI=1S/C41H40Cl2N2O5/c1-22(46)27-18-44(19-27)33-12-10-23-14-25(16-35(49-2)37(23)33)29-6-4-8-31(39(29)42)32-9-5-7-30(40(32)43)26-15-24-11-13-34(38(24)36(17-26)50-3)45-20-28(21-45)41(47)48/h4-9,14-17,27-28,33-34H,10-13,18-21H2,1-3H3,(H,47,48)/t33-,34+/m1/s1. The van der Waals surface area contributed by atoms with Crippen molar-refractivity contribution >= 4 is 35.0 Å². The predicted molar refractivity (Wildman–Crippen MR) is 196 cm³/mol. The molecule has 2 saturated heterocycles. The molecule has 2 aliphatic heterocycles. The molecular weight excluding hydrogens is 671 g/mol. The summed E-state index contributed by atoms with van der Waals surface area (Å²) < 4.78 is 11.9. The first-order valence-electron chi connectivity index (χ1n) is 17.4. The van der Waals surface area contributed by atoms with Crippen molar-refractivity contribution in [3.8, 4) is 44.9 Å². The largest absolute Gasteiger partial charge is 0.496 e. The molecule has 2 atom stereocenters. The molecule has 2 fully saturated rings. The summed E-state index contributed by atoms with van der Waals surface area (Å²) in [5.41, 5.74) is 10.3. The van der Waals surface area contributed by atoms with Crippen molar-refractivity contribution < 1.29 is 24.2 Å². The van der Waals surface area contributed by atoms with Gasteiger partial charge in [0.15, 0.2) is 0 Å². The molecule has 7 nitrogen and oxygen atoms in total. The lowest BCUT2D eigenvalue weighted by Gasteiger charge is -2.42. The number of carbonyl (C=O) groups is 2. The second kappa shape index (κ2) is 13.0. The number of ketones is 1. The summed E-state index contributed by atoms with van der Waals surface area (Å²) in [4.78, 5) is 28.0. The molecule has 0 unspecified atom stereocenters. The van der Waals surface area contributed by atoms with Crippen LogP contribution in [-0.2, 0) is 22.4 Å². The van der Waals surface area contributed by atoms with Crippen LogP contribution < -0.4 is 9.47 Å². The molecule has 0 amide bonds. The minimum absolute atomic E-state index is 0.138. The van der Waals surface area contributed by atoms with E-state index in [9.17, 15) is 14.7 Å². The highest BCUT2D eigenvalue weighted by molar-refractivity contribution is 6.39. The van der Waals surface area contributed by atoms with Gasteiger partial charge < -0.3 is 14.6 Å². The molecule has 0 spiro atoms. The van der Waals surface area contributed by atoms with Gasteiger partial charge in [-0.25, -0.2) is 0 Å². The van der Waals surface area contributed by atoms with Crippen LogP contribution in [0, 0.1) is 11.8 Å². The molecule has 0 saturated carbocycles. The lowest BCUT2D eigenvalue weighted by Crippen LogP contribution is -2.51. The number of fused-ring (bicyclic) bond motifs is 2. The van der Waals surface area contributed by atoms with Gasteiger partial charge in [-0.2, -0.15) is 0 Å². The van der Waals surface area contributed by atoms with Crippen LogP contribution in [-0.4, -0.2) is 67.1 Å². The van der Waals surface area contributed by atoms with Crippen LogP contribution in [0.4, 0.5) is 0 Å². The number of benzene rings is 4. The average molecular weight is 712 g/mol. The van der Waals surface area contributed by atoms with Crippen molar-refractivity contribution in [2.45, 2.75) is 44.7 Å². The smallest absolute Gasteiger partial charge is 0.309 e. The molecule has 4 aromatic rings. The maximum atomic E-state index is 11.9. The van der Waals surface area contributed by atoms with Crippen molar-refractivity contribution in [3.05, 3.63) is 93.0 Å². The summed E-state index contributed by atoms with van der Waals surface area (Å²) in [6.45, 7) is 4.44. The molecule has 1 N–H and O–H groups in total. The van der Waals surface area contributed by atoms with Gasteiger partial charge in [-0.1, -0.05) is 71.7 Å². The Bertz CT molecular complexity index is 1890. The normalized spacial score (nSPS) is 20.6. The minimum Gasteiger partial charge on any atom is -0.496 e. The average Bonchev–Trinajstić information content (AvgIpc) is 3.67. The lowest BCUT2D eigenvalue weighted by molar-refractivity contribution is -0.148. The van der Waals surface area contributed by atoms with Gasteiger partial charge in [0.2, 0.25) is 0 Å². The highest BCUT2D eigenvalue weighted by Gasteiger charge is 2.42. The first kappa shape index (κ1) is 33.3. The van der Waals surface area contributed by atoms with Crippen LogP contribution >= 0.6 is 23.2 Å². The second-order valence-electron chi connectivity index (χ2n) is 14.2. The summed E-state index contributed by atoms with van der Waals surface area (Å²) in [6.07, 6.45) is 3.78. The van der Waals surface area contributed by atoms with Gasteiger partial charge in [0, 0.05) is 77.6 Å². The number of Topliss-reactive ketones (excluding diaryl/α,β-unsaturated/α-hetero) is 1. The Morgan fingerprint density at radius 3 is 1.50 bits per heavy atom. The van der Waals surface area contributed by atoms with Crippen molar-refractivity contribution in [2.75, 3.05) is 40.4 Å². The van der Waals surface area contributed by atoms with Crippen molar-refractivity contribution in [1.82, 2.24) is 9.80 Å². The summed E-state index contributed by atoms with van der Waals surface area (Å²) in [5.74, 6) is 1.04. The van der Waals surface area contributed by atoms with Gasteiger partial charge in [-0.3, -0.25) is 19.4 Å². The molecular formula is C41H40Cl2N2O5. The number of aliphatic carboxylic acids is 1. The van der Waals surface area contributed by atoms with E-state index in [1.807, 2.05) is 36.4 Å². The fourth-order valence-corrected chi connectivity index (χ4v) is 9.34. The van der Waals surface area contributed by atoms with Crippen LogP contribution in [0.1, 0.15) is 54.1 Å². The Morgan fingerprint density at radius 1 is 0.680 bits per heavy atom. The summed E-state index contributed by atoms with van der Waals surface area (Å²) in [5, 5.41) is 10.6. The van der Waals surface area contributed by atoms with Crippen LogP contribution in [0.3, 0.4) is 0 Å². The summed E-state index contributed by atoms with van der Waals surface area (Å²) in [6, 6.07) is 21.1. The van der Waals surface area contributed by atoms with Crippen molar-refractivity contribution in [1.29, 1.82) is 0 Å². The molecule has 8 rings (SSSR count). The molecule has 4 aliphatic rings. The monoisotopic (exact) mass is 710 g/mol. The zero-order chi connectivity index (χ0) is 34.8. The van der Waals surface area contributed by atoms with Gasteiger partial charge in [-0.05, 0) is 67.0 Å². The molecule has 0 radical (unpaired) electrons. The number of halogens is 2. The first-order chi connectivity index (χ1) is 24.2. The Balaban J connectivity index is 1.11. The Kier molecular flexibility index (Phi) is 8.67. The predicted octanol–water partition coefficient (Wildman–Crippen LogP) is 8.52. The second-order valence-corrected chi connectivity index (χ2v) is 15.0. The number of methoxy groups -OCH3 is 2. The highest BCUT2D eigenvalue weighted by atomic mass is 35.5. The van der Waals surface area contributed by atoms with E-state index >= 15 is 0 Å². The maximum absolute atomic E-state index is 11.9. The van der Waals surface area contributed by atoms with E-state index < -0.39 is 5.97 Å². The highest BCUT2D eigenvalue weighted by Crippen LogP contribution is 2.50. The number of aryl methyl sites for hydroxylation is 2. The lowest BCUT2D eigenvalue weighted by atomic mass is 9.91. The van der Waals surface area contributed by atoms with Gasteiger partial charge in [0.1, 0.15) is 17.3 Å². The Labute approximate surface area is 302 Å². The van der Waals surface area contributed by atoms with Crippen LogP contribution in [0.25, 0.3) is 33.4 Å². The number of rotatable bonds is 9. The molecule has 2 aliphatic carbocycles. The van der Waals surface area contributed by atoms with E-state index in [0.29, 0.717) is 23.1 Å². The molecule has 258 valence electrons. The Hall–Kier alpha value is -3.88. The minimum atomic E-state index is -0.727.